The molecule has 0 amide bonds. The van der Waals surface area contributed by atoms with Gasteiger partial charge in [-0.3, -0.25) is 4.72 Å². The number of hydrogen-bond donors (Lipinski definition) is 1. The molecule has 0 atom stereocenters. The quantitative estimate of drug-likeness (QED) is 0.865. The summed E-state index contributed by atoms with van der Waals surface area (Å²) in [4.78, 5) is 0.127. The Morgan fingerprint density at radius 1 is 1.24 bits per heavy atom. The number of benzene rings is 2. The Kier molecular flexibility index (Phi) is 4.57. The number of sulfonamides is 1. The number of nitriles is 1. The highest BCUT2D eigenvalue weighted by Gasteiger charge is 2.17. The zero-order chi connectivity index (χ0) is 15.6. The molecule has 2 rings (SSSR count). The van der Waals surface area contributed by atoms with Crippen LogP contribution in [0.2, 0.25) is 5.02 Å². The van der Waals surface area contributed by atoms with Gasteiger partial charge in [-0.15, -0.1) is 0 Å². The van der Waals surface area contributed by atoms with Crippen LogP contribution in [0.5, 0.6) is 0 Å². The monoisotopic (exact) mass is 384 g/mol. The second-order valence-electron chi connectivity index (χ2n) is 4.32. The van der Waals surface area contributed by atoms with Gasteiger partial charge in [-0.25, -0.2) is 8.42 Å². The highest BCUT2D eigenvalue weighted by molar-refractivity contribution is 9.10. The van der Waals surface area contributed by atoms with E-state index >= 15 is 0 Å². The Bertz CT molecular complexity index is 845. The van der Waals surface area contributed by atoms with Crippen LogP contribution >= 0.6 is 27.5 Å². The molecule has 0 bridgehead atoms. The van der Waals surface area contributed by atoms with Crippen molar-refractivity contribution in [3.8, 4) is 6.07 Å². The summed E-state index contributed by atoms with van der Waals surface area (Å²) in [7, 11) is -3.76. The van der Waals surface area contributed by atoms with Crippen molar-refractivity contribution < 1.29 is 8.42 Å². The van der Waals surface area contributed by atoms with Crippen LogP contribution in [-0.4, -0.2) is 8.42 Å². The third-order valence-electron chi connectivity index (χ3n) is 2.78. The standard InChI is InChI=1S/C14H10BrClN2O2S/c1-9-6-11(3-4-12(9)15)21(19,20)18-14-7-10(8-17)2-5-13(14)16/h2-7,18H,1H3. The van der Waals surface area contributed by atoms with Crippen molar-refractivity contribution in [3.05, 3.63) is 57.0 Å². The van der Waals surface area contributed by atoms with Crippen molar-refractivity contribution in [2.45, 2.75) is 11.8 Å². The maximum atomic E-state index is 12.3. The number of nitrogens with one attached hydrogen (secondary N) is 1. The fourth-order valence-electron chi connectivity index (χ4n) is 1.66. The van der Waals surface area contributed by atoms with Gasteiger partial charge in [-0.05, 0) is 48.9 Å². The van der Waals surface area contributed by atoms with Gasteiger partial charge in [0.15, 0.2) is 0 Å². The van der Waals surface area contributed by atoms with Gasteiger partial charge in [0.25, 0.3) is 10.0 Å². The fourth-order valence-corrected chi connectivity index (χ4v) is 3.28. The number of halogens is 2. The highest BCUT2D eigenvalue weighted by atomic mass is 79.9. The Balaban J connectivity index is 2.42. The summed E-state index contributed by atoms with van der Waals surface area (Å²) < 4.78 is 27.9. The zero-order valence-corrected chi connectivity index (χ0v) is 14.1. The predicted molar refractivity (Wildman–Crippen MR) is 85.9 cm³/mol. The normalized spacial score (nSPS) is 11.0. The van der Waals surface area contributed by atoms with Crippen molar-refractivity contribution in [1.82, 2.24) is 0 Å². The van der Waals surface area contributed by atoms with Crippen molar-refractivity contribution in [1.29, 1.82) is 5.26 Å². The summed E-state index contributed by atoms with van der Waals surface area (Å²) in [5.74, 6) is 0. The van der Waals surface area contributed by atoms with Gasteiger partial charge < -0.3 is 0 Å². The molecule has 21 heavy (non-hydrogen) atoms. The number of aryl methyl sites for hydroxylation is 1. The van der Waals surface area contributed by atoms with Crippen LogP contribution in [-0.2, 0) is 10.0 Å². The largest absolute Gasteiger partial charge is 0.278 e. The van der Waals surface area contributed by atoms with E-state index in [9.17, 15) is 8.42 Å². The van der Waals surface area contributed by atoms with Crippen LogP contribution in [0.15, 0.2) is 45.8 Å². The van der Waals surface area contributed by atoms with Gasteiger partial charge in [0, 0.05) is 4.47 Å². The molecule has 0 heterocycles. The summed E-state index contributed by atoms with van der Waals surface area (Å²) in [6.45, 7) is 1.80. The average Bonchev–Trinajstić information content (AvgIpc) is 2.44. The molecule has 0 unspecified atom stereocenters. The predicted octanol–water partition coefficient (Wildman–Crippen LogP) is 4.08. The molecular weight excluding hydrogens is 376 g/mol. The number of rotatable bonds is 3. The summed E-state index contributed by atoms with van der Waals surface area (Å²) >= 11 is 9.28. The van der Waals surface area contributed by atoms with Crippen LogP contribution < -0.4 is 4.72 Å². The molecule has 0 radical (unpaired) electrons. The van der Waals surface area contributed by atoms with Gasteiger partial charge in [-0.1, -0.05) is 27.5 Å². The van der Waals surface area contributed by atoms with Crippen LogP contribution in [0.25, 0.3) is 0 Å². The summed E-state index contributed by atoms with van der Waals surface area (Å²) in [6, 6.07) is 11.0. The molecule has 0 spiro atoms. The average molecular weight is 386 g/mol. The molecule has 0 saturated heterocycles. The van der Waals surface area contributed by atoms with E-state index in [1.807, 2.05) is 6.07 Å². The molecule has 1 N–H and O–H groups in total. The van der Waals surface area contributed by atoms with E-state index in [2.05, 4.69) is 20.7 Å². The van der Waals surface area contributed by atoms with E-state index < -0.39 is 10.0 Å². The Morgan fingerprint density at radius 2 is 1.95 bits per heavy atom. The number of anilines is 1. The molecule has 0 fully saturated rings. The molecule has 2 aromatic rings. The first kappa shape index (κ1) is 15.8. The fraction of sp³-hybridized carbons (Fsp3) is 0.0714. The second kappa shape index (κ2) is 6.06. The van der Waals surface area contributed by atoms with Gasteiger partial charge >= 0.3 is 0 Å². The van der Waals surface area contributed by atoms with Gasteiger partial charge in [-0.2, -0.15) is 5.26 Å². The Morgan fingerprint density at radius 3 is 2.57 bits per heavy atom. The topological polar surface area (TPSA) is 70.0 Å². The van der Waals surface area contributed by atoms with E-state index in [0.717, 1.165) is 10.0 Å². The second-order valence-corrected chi connectivity index (χ2v) is 7.27. The summed E-state index contributed by atoms with van der Waals surface area (Å²) in [5, 5.41) is 9.09. The maximum Gasteiger partial charge on any atom is 0.261 e. The minimum Gasteiger partial charge on any atom is -0.278 e. The van der Waals surface area contributed by atoms with Crippen LogP contribution in [0.1, 0.15) is 11.1 Å². The number of nitrogens with zero attached hydrogens (tertiary/aromatic N) is 1. The van der Waals surface area contributed by atoms with Crippen molar-refractivity contribution in [2.24, 2.45) is 0 Å². The molecular formula is C14H10BrClN2O2S. The van der Waals surface area contributed by atoms with E-state index in [1.165, 1.54) is 24.3 Å². The van der Waals surface area contributed by atoms with Crippen LogP contribution in [0.4, 0.5) is 5.69 Å². The molecule has 0 aliphatic rings. The molecule has 2 aromatic carbocycles. The third kappa shape index (κ3) is 3.56. The summed E-state index contributed by atoms with van der Waals surface area (Å²) in [6.07, 6.45) is 0. The molecule has 0 aromatic heterocycles. The Hall–Kier alpha value is -1.55. The third-order valence-corrected chi connectivity index (χ3v) is 5.36. The van der Waals surface area contributed by atoms with Gasteiger partial charge in [0.1, 0.15) is 0 Å². The number of hydrogen-bond acceptors (Lipinski definition) is 3. The van der Waals surface area contributed by atoms with E-state index in [4.69, 9.17) is 16.9 Å². The summed E-state index contributed by atoms with van der Waals surface area (Å²) in [5.41, 5.74) is 1.30. The van der Waals surface area contributed by atoms with E-state index in [1.54, 1.807) is 19.1 Å². The van der Waals surface area contributed by atoms with E-state index in [0.29, 0.717) is 5.56 Å². The molecule has 4 nitrogen and oxygen atoms in total. The minimum atomic E-state index is -3.76. The molecule has 0 aliphatic carbocycles. The lowest BCUT2D eigenvalue weighted by molar-refractivity contribution is 0.601. The molecule has 7 heteroatoms. The van der Waals surface area contributed by atoms with Crippen LogP contribution in [0.3, 0.4) is 0 Å². The molecule has 0 saturated carbocycles. The van der Waals surface area contributed by atoms with Crippen molar-refractivity contribution >= 4 is 43.2 Å². The SMILES string of the molecule is Cc1cc(S(=O)(=O)Nc2cc(C#N)ccc2Cl)ccc1Br. The lowest BCUT2D eigenvalue weighted by Crippen LogP contribution is -2.13. The molecule has 0 aliphatic heterocycles. The van der Waals surface area contributed by atoms with E-state index in [-0.39, 0.29) is 15.6 Å². The minimum absolute atomic E-state index is 0.127. The first-order valence-electron chi connectivity index (χ1n) is 5.82. The maximum absolute atomic E-state index is 12.3. The van der Waals surface area contributed by atoms with Gasteiger partial charge in [0.2, 0.25) is 0 Å². The highest BCUT2D eigenvalue weighted by Crippen LogP contribution is 2.27. The lowest BCUT2D eigenvalue weighted by atomic mass is 10.2. The van der Waals surface area contributed by atoms with Crippen molar-refractivity contribution in [2.75, 3.05) is 4.72 Å². The molecule has 108 valence electrons. The first-order valence-corrected chi connectivity index (χ1v) is 8.47. The zero-order valence-electron chi connectivity index (χ0n) is 10.9. The van der Waals surface area contributed by atoms with Crippen LogP contribution in [0, 0.1) is 18.3 Å². The Labute approximate surface area is 136 Å². The smallest absolute Gasteiger partial charge is 0.261 e. The van der Waals surface area contributed by atoms with Gasteiger partial charge in [0.05, 0.1) is 27.2 Å². The lowest BCUT2D eigenvalue weighted by Gasteiger charge is -2.11. The van der Waals surface area contributed by atoms with Crippen molar-refractivity contribution in [3.63, 3.8) is 0 Å². The first-order chi connectivity index (χ1) is 9.83.